The number of benzene rings is 2. The summed E-state index contributed by atoms with van der Waals surface area (Å²) in [6.07, 6.45) is 1.44. The normalized spacial score (nSPS) is 10.6. The summed E-state index contributed by atoms with van der Waals surface area (Å²) in [6.45, 7) is 0. The highest BCUT2D eigenvalue weighted by Gasteiger charge is 1.99. The van der Waals surface area contributed by atoms with E-state index in [4.69, 9.17) is 12.2 Å². The zero-order valence-electron chi connectivity index (χ0n) is 10.7. The number of nitrogens with one attached hydrogen (secondary N) is 2. The van der Waals surface area contributed by atoms with Gasteiger partial charge in [-0.2, -0.15) is 5.10 Å². The molecule has 21 heavy (non-hydrogen) atoms. The largest absolute Gasteiger partial charge is 0.507 e. The van der Waals surface area contributed by atoms with E-state index in [1.165, 1.54) is 18.3 Å². The standard InChI is InChI=1S/C14H11BrFN3OS/c15-10-1-6-13(20)9(7-10)8-17-19-14(21)18-12-4-2-11(16)3-5-12/h1-8,20H,(H2,18,19,21)/b17-8-. The zero-order chi connectivity index (χ0) is 15.2. The summed E-state index contributed by atoms with van der Waals surface area (Å²) < 4.78 is 13.6. The van der Waals surface area contributed by atoms with E-state index >= 15 is 0 Å². The predicted octanol–water partition coefficient (Wildman–Crippen LogP) is 3.61. The maximum Gasteiger partial charge on any atom is 0.191 e. The van der Waals surface area contributed by atoms with Gasteiger partial charge in [0.1, 0.15) is 11.6 Å². The molecule has 4 nitrogen and oxygen atoms in total. The number of phenols is 1. The Morgan fingerprint density at radius 1 is 1.24 bits per heavy atom. The van der Waals surface area contributed by atoms with Crippen LogP contribution in [0.2, 0.25) is 0 Å². The molecule has 0 fully saturated rings. The molecular weight excluding hydrogens is 357 g/mol. The summed E-state index contributed by atoms with van der Waals surface area (Å²) in [4.78, 5) is 0. The highest BCUT2D eigenvalue weighted by molar-refractivity contribution is 9.10. The fourth-order valence-corrected chi connectivity index (χ4v) is 2.03. The summed E-state index contributed by atoms with van der Waals surface area (Å²) in [5.74, 6) is -0.205. The number of hydrogen-bond donors (Lipinski definition) is 3. The van der Waals surface area contributed by atoms with Gasteiger partial charge < -0.3 is 10.4 Å². The first-order valence-corrected chi connectivity index (χ1v) is 7.09. The molecule has 0 saturated heterocycles. The Balaban J connectivity index is 1.93. The van der Waals surface area contributed by atoms with Gasteiger partial charge >= 0.3 is 0 Å². The Morgan fingerprint density at radius 2 is 1.95 bits per heavy atom. The topological polar surface area (TPSA) is 56.7 Å². The zero-order valence-corrected chi connectivity index (χ0v) is 13.1. The van der Waals surface area contributed by atoms with Crippen LogP contribution < -0.4 is 10.7 Å². The number of aromatic hydroxyl groups is 1. The first-order chi connectivity index (χ1) is 10.0. The van der Waals surface area contributed by atoms with E-state index in [9.17, 15) is 9.50 Å². The molecule has 0 aliphatic heterocycles. The molecule has 0 radical (unpaired) electrons. The fourth-order valence-electron chi connectivity index (χ4n) is 1.48. The van der Waals surface area contributed by atoms with Crippen LogP contribution in [0.15, 0.2) is 52.0 Å². The average Bonchev–Trinajstić information content (AvgIpc) is 2.45. The lowest BCUT2D eigenvalue weighted by molar-refractivity contribution is 0.474. The molecule has 0 spiro atoms. The van der Waals surface area contributed by atoms with Crippen molar-refractivity contribution in [3.8, 4) is 5.75 Å². The van der Waals surface area contributed by atoms with Gasteiger partial charge in [-0.05, 0) is 54.7 Å². The van der Waals surface area contributed by atoms with Gasteiger partial charge in [0, 0.05) is 15.7 Å². The molecule has 0 atom stereocenters. The van der Waals surface area contributed by atoms with Crippen LogP contribution in [-0.2, 0) is 0 Å². The van der Waals surface area contributed by atoms with Gasteiger partial charge in [-0.25, -0.2) is 4.39 Å². The summed E-state index contributed by atoms with van der Waals surface area (Å²) in [5, 5.41) is 16.7. The second-order valence-corrected chi connectivity index (χ2v) is 5.36. The number of thiocarbonyl (C=S) groups is 1. The summed E-state index contributed by atoms with van der Waals surface area (Å²) in [5.41, 5.74) is 3.80. The number of hydrogen-bond acceptors (Lipinski definition) is 3. The molecule has 3 N–H and O–H groups in total. The highest BCUT2D eigenvalue weighted by atomic mass is 79.9. The number of rotatable bonds is 3. The van der Waals surface area contributed by atoms with Gasteiger partial charge in [0.15, 0.2) is 5.11 Å². The van der Waals surface area contributed by atoms with E-state index < -0.39 is 0 Å². The van der Waals surface area contributed by atoms with Crippen LogP contribution in [0.5, 0.6) is 5.75 Å². The minimum absolute atomic E-state index is 0.112. The van der Waals surface area contributed by atoms with Crippen molar-refractivity contribution >= 4 is 45.2 Å². The number of anilines is 1. The summed E-state index contributed by atoms with van der Waals surface area (Å²) in [6, 6.07) is 10.8. The maximum absolute atomic E-state index is 12.8. The third-order valence-corrected chi connectivity index (χ3v) is 3.15. The van der Waals surface area contributed by atoms with E-state index in [2.05, 4.69) is 31.8 Å². The molecule has 0 unspecified atom stereocenters. The number of nitrogens with zero attached hydrogens (tertiary/aromatic N) is 1. The van der Waals surface area contributed by atoms with Crippen molar-refractivity contribution in [3.63, 3.8) is 0 Å². The van der Waals surface area contributed by atoms with Crippen LogP contribution in [0, 0.1) is 5.82 Å². The van der Waals surface area contributed by atoms with Crippen molar-refractivity contribution in [1.82, 2.24) is 5.43 Å². The Hall–Kier alpha value is -1.99. The van der Waals surface area contributed by atoms with Crippen LogP contribution in [-0.4, -0.2) is 16.4 Å². The van der Waals surface area contributed by atoms with Crippen molar-refractivity contribution in [2.24, 2.45) is 5.10 Å². The van der Waals surface area contributed by atoms with Crippen molar-refractivity contribution in [3.05, 3.63) is 58.3 Å². The Labute approximate surface area is 134 Å². The summed E-state index contributed by atoms with van der Waals surface area (Å²) >= 11 is 8.35. The smallest absolute Gasteiger partial charge is 0.191 e. The average molecular weight is 368 g/mol. The molecule has 0 bridgehead atoms. The van der Waals surface area contributed by atoms with Gasteiger partial charge in [-0.15, -0.1) is 0 Å². The molecule has 0 saturated carbocycles. The van der Waals surface area contributed by atoms with Crippen LogP contribution in [0.3, 0.4) is 0 Å². The van der Waals surface area contributed by atoms with E-state index in [1.807, 2.05) is 0 Å². The molecule has 2 rings (SSSR count). The molecule has 0 heterocycles. The van der Waals surface area contributed by atoms with E-state index in [-0.39, 0.29) is 16.7 Å². The van der Waals surface area contributed by atoms with E-state index in [0.717, 1.165) is 4.47 Å². The summed E-state index contributed by atoms with van der Waals surface area (Å²) in [7, 11) is 0. The van der Waals surface area contributed by atoms with Gasteiger partial charge in [-0.3, -0.25) is 5.43 Å². The van der Waals surface area contributed by atoms with Crippen LogP contribution in [0.1, 0.15) is 5.56 Å². The van der Waals surface area contributed by atoms with Crippen LogP contribution >= 0.6 is 28.1 Å². The Kier molecular flexibility index (Phi) is 5.24. The molecule has 0 amide bonds. The molecule has 108 valence electrons. The molecule has 0 aliphatic carbocycles. The van der Waals surface area contributed by atoms with E-state index in [0.29, 0.717) is 11.3 Å². The fraction of sp³-hybridized carbons (Fsp3) is 0. The van der Waals surface area contributed by atoms with Gasteiger partial charge in [0.05, 0.1) is 6.21 Å². The number of phenolic OH excluding ortho intramolecular Hbond substituents is 1. The molecule has 2 aromatic carbocycles. The molecule has 0 aromatic heterocycles. The Morgan fingerprint density at radius 3 is 2.67 bits per heavy atom. The highest BCUT2D eigenvalue weighted by Crippen LogP contribution is 2.19. The van der Waals surface area contributed by atoms with Gasteiger partial charge in [0.2, 0.25) is 0 Å². The maximum atomic E-state index is 12.8. The van der Waals surface area contributed by atoms with Crippen LogP contribution in [0.4, 0.5) is 10.1 Å². The molecule has 7 heteroatoms. The quantitative estimate of drug-likeness (QED) is 0.440. The lowest BCUT2D eigenvalue weighted by Crippen LogP contribution is -2.23. The van der Waals surface area contributed by atoms with Crippen molar-refractivity contribution in [2.75, 3.05) is 5.32 Å². The predicted molar refractivity (Wildman–Crippen MR) is 89.2 cm³/mol. The molecule has 0 aliphatic rings. The van der Waals surface area contributed by atoms with Crippen molar-refractivity contribution in [1.29, 1.82) is 0 Å². The third-order valence-electron chi connectivity index (χ3n) is 2.46. The lowest BCUT2D eigenvalue weighted by atomic mass is 10.2. The van der Waals surface area contributed by atoms with E-state index in [1.54, 1.807) is 30.3 Å². The first-order valence-electron chi connectivity index (χ1n) is 5.89. The lowest BCUT2D eigenvalue weighted by Gasteiger charge is -2.06. The second-order valence-electron chi connectivity index (χ2n) is 4.03. The molecule has 2 aromatic rings. The minimum Gasteiger partial charge on any atom is -0.507 e. The van der Waals surface area contributed by atoms with Crippen LogP contribution in [0.25, 0.3) is 0 Å². The van der Waals surface area contributed by atoms with Gasteiger partial charge in [-0.1, -0.05) is 15.9 Å². The number of hydrazone groups is 1. The monoisotopic (exact) mass is 367 g/mol. The van der Waals surface area contributed by atoms with Gasteiger partial charge in [0.25, 0.3) is 0 Å². The number of halogens is 2. The second kappa shape index (κ2) is 7.14. The SMILES string of the molecule is Oc1ccc(Br)cc1/C=N\NC(=S)Nc1ccc(F)cc1. The first kappa shape index (κ1) is 15.4. The van der Waals surface area contributed by atoms with Crippen molar-refractivity contribution < 1.29 is 9.50 Å². The van der Waals surface area contributed by atoms with Crippen molar-refractivity contribution in [2.45, 2.75) is 0 Å². The molecular formula is C14H11BrFN3OS. The minimum atomic E-state index is -0.317. The third kappa shape index (κ3) is 4.80. The Bertz CT molecular complexity index is 676.